The summed E-state index contributed by atoms with van der Waals surface area (Å²) in [5.41, 5.74) is 0.929. The lowest BCUT2D eigenvalue weighted by molar-refractivity contribution is 0.478. The maximum atomic E-state index is 13.7. The zero-order chi connectivity index (χ0) is 19.2. The van der Waals surface area contributed by atoms with Crippen molar-refractivity contribution < 1.29 is 12.8 Å². The molecule has 0 aliphatic rings. The molecule has 148 valence electrons. The van der Waals surface area contributed by atoms with Gasteiger partial charge < -0.3 is 10.2 Å². The van der Waals surface area contributed by atoms with Crippen molar-refractivity contribution in [1.82, 2.24) is 10.2 Å². The maximum absolute atomic E-state index is 13.7. The van der Waals surface area contributed by atoms with Crippen LogP contribution in [-0.2, 0) is 16.4 Å². The highest BCUT2D eigenvalue weighted by molar-refractivity contribution is 14.0. The first-order valence-corrected chi connectivity index (χ1v) is 10.0. The Bertz CT molecular complexity index is 894. The minimum absolute atomic E-state index is 0. The number of guanidine groups is 1. The standard InChI is InChI=1S/C18H21ClFN3O2S.HI/c1-21-18(23(2)13-14-7-3-4-8-15(14)19)22-11-12-26(24,25)17-10-6-5-9-16(17)20;/h3-10H,11-13H2,1-2H3,(H,21,22);1H. The number of halogens is 3. The Morgan fingerprint density at radius 3 is 2.44 bits per heavy atom. The minimum atomic E-state index is -3.72. The quantitative estimate of drug-likeness (QED) is 0.356. The van der Waals surface area contributed by atoms with Gasteiger partial charge in [0.05, 0.1) is 5.75 Å². The van der Waals surface area contributed by atoms with E-state index in [4.69, 9.17) is 11.6 Å². The van der Waals surface area contributed by atoms with E-state index in [0.717, 1.165) is 11.6 Å². The van der Waals surface area contributed by atoms with Crippen LogP contribution in [0.4, 0.5) is 4.39 Å². The molecule has 0 aromatic heterocycles. The zero-order valence-corrected chi connectivity index (χ0v) is 18.9. The maximum Gasteiger partial charge on any atom is 0.193 e. The molecule has 2 rings (SSSR count). The molecule has 0 aliphatic heterocycles. The summed E-state index contributed by atoms with van der Waals surface area (Å²) in [7, 11) is -0.287. The molecule has 9 heteroatoms. The molecule has 27 heavy (non-hydrogen) atoms. The second kappa shape index (κ2) is 10.8. The highest BCUT2D eigenvalue weighted by Crippen LogP contribution is 2.17. The van der Waals surface area contributed by atoms with Crippen molar-refractivity contribution in [3.05, 3.63) is 64.9 Å². The normalized spacial score (nSPS) is 11.6. The lowest BCUT2D eigenvalue weighted by Crippen LogP contribution is -2.40. The summed E-state index contributed by atoms with van der Waals surface area (Å²) in [5.74, 6) is -0.464. The molecule has 0 radical (unpaired) electrons. The second-order valence-corrected chi connectivity index (χ2v) is 8.16. The van der Waals surface area contributed by atoms with Gasteiger partial charge in [0.2, 0.25) is 0 Å². The smallest absolute Gasteiger partial charge is 0.193 e. The van der Waals surface area contributed by atoms with E-state index in [-0.39, 0.29) is 41.2 Å². The van der Waals surface area contributed by atoms with Gasteiger partial charge in [0, 0.05) is 32.2 Å². The molecule has 0 bridgehead atoms. The van der Waals surface area contributed by atoms with Crippen LogP contribution in [0.15, 0.2) is 58.4 Å². The van der Waals surface area contributed by atoms with Crippen molar-refractivity contribution in [2.75, 3.05) is 26.4 Å². The molecule has 0 spiro atoms. The van der Waals surface area contributed by atoms with Gasteiger partial charge in [-0.05, 0) is 23.8 Å². The number of nitrogens with zero attached hydrogens (tertiary/aromatic N) is 2. The highest BCUT2D eigenvalue weighted by Gasteiger charge is 2.19. The molecule has 0 atom stereocenters. The Hall–Kier alpha value is -1.39. The summed E-state index contributed by atoms with van der Waals surface area (Å²) in [6.07, 6.45) is 0. The lowest BCUT2D eigenvalue weighted by atomic mass is 10.2. The van der Waals surface area contributed by atoms with Crippen molar-refractivity contribution in [3.63, 3.8) is 0 Å². The number of nitrogens with one attached hydrogen (secondary N) is 1. The van der Waals surface area contributed by atoms with Crippen LogP contribution in [0, 0.1) is 5.82 Å². The zero-order valence-electron chi connectivity index (χ0n) is 15.0. The Morgan fingerprint density at radius 1 is 1.19 bits per heavy atom. The van der Waals surface area contributed by atoms with Crippen molar-refractivity contribution in [2.45, 2.75) is 11.4 Å². The Balaban J connectivity index is 0.00000364. The Kier molecular flexibility index (Phi) is 9.48. The molecule has 0 fully saturated rings. The minimum Gasteiger partial charge on any atom is -0.355 e. The number of hydrogen-bond donors (Lipinski definition) is 1. The van der Waals surface area contributed by atoms with E-state index in [1.807, 2.05) is 36.2 Å². The summed E-state index contributed by atoms with van der Waals surface area (Å²) >= 11 is 6.16. The summed E-state index contributed by atoms with van der Waals surface area (Å²) < 4.78 is 38.3. The van der Waals surface area contributed by atoms with Gasteiger partial charge in [-0.1, -0.05) is 41.9 Å². The third kappa shape index (κ3) is 6.62. The van der Waals surface area contributed by atoms with Gasteiger partial charge in [-0.15, -0.1) is 24.0 Å². The largest absolute Gasteiger partial charge is 0.355 e. The first-order valence-electron chi connectivity index (χ1n) is 7.97. The molecule has 5 nitrogen and oxygen atoms in total. The molecule has 1 N–H and O–H groups in total. The van der Waals surface area contributed by atoms with Crippen LogP contribution >= 0.6 is 35.6 Å². The fourth-order valence-corrected chi connectivity index (χ4v) is 3.88. The van der Waals surface area contributed by atoms with Gasteiger partial charge in [0.25, 0.3) is 0 Å². The van der Waals surface area contributed by atoms with Crippen LogP contribution in [0.3, 0.4) is 0 Å². The van der Waals surface area contributed by atoms with Crippen LogP contribution in [0.1, 0.15) is 5.56 Å². The van der Waals surface area contributed by atoms with E-state index in [1.165, 1.54) is 18.2 Å². The topological polar surface area (TPSA) is 61.8 Å². The average Bonchev–Trinajstić information content (AvgIpc) is 2.61. The van der Waals surface area contributed by atoms with Gasteiger partial charge in [-0.2, -0.15) is 0 Å². The predicted octanol–water partition coefficient (Wildman–Crippen LogP) is 3.58. The average molecular weight is 526 g/mol. The molecule has 0 saturated carbocycles. The molecule has 0 aliphatic carbocycles. The molecule has 2 aromatic carbocycles. The number of rotatable bonds is 6. The van der Waals surface area contributed by atoms with Gasteiger partial charge in [0.1, 0.15) is 10.7 Å². The summed E-state index contributed by atoms with van der Waals surface area (Å²) in [4.78, 5) is 5.68. The van der Waals surface area contributed by atoms with Crippen molar-refractivity contribution >= 4 is 51.4 Å². The van der Waals surface area contributed by atoms with E-state index in [0.29, 0.717) is 17.5 Å². The van der Waals surface area contributed by atoms with E-state index in [2.05, 4.69) is 10.3 Å². The number of benzene rings is 2. The van der Waals surface area contributed by atoms with Crippen molar-refractivity contribution in [2.24, 2.45) is 4.99 Å². The summed E-state index contributed by atoms with van der Waals surface area (Å²) in [6.45, 7) is 0.621. The van der Waals surface area contributed by atoms with Gasteiger partial charge in [-0.3, -0.25) is 4.99 Å². The monoisotopic (exact) mass is 525 g/mol. The van der Waals surface area contributed by atoms with Gasteiger partial charge in [-0.25, -0.2) is 12.8 Å². The number of aliphatic imine (C=N–C) groups is 1. The van der Waals surface area contributed by atoms with Crippen LogP contribution in [0.5, 0.6) is 0 Å². The highest BCUT2D eigenvalue weighted by atomic mass is 127. The molecular formula is C18H22ClFIN3O2S. The Morgan fingerprint density at radius 2 is 1.81 bits per heavy atom. The fourth-order valence-electron chi connectivity index (χ4n) is 2.45. The molecule has 0 heterocycles. The molecule has 0 saturated heterocycles. The Labute approximate surface area is 181 Å². The lowest BCUT2D eigenvalue weighted by Gasteiger charge is -2.22. The molecule has 0 amide bonds. The van der Waals surface area contributed by atoms with Gasteiger partial charge in [0.15, 0.2) is 15.8 Å². The third-order valence-corrected chi connectivity index (χ3v) is 5.88. The fraction of sp³-hybridized carbons (Fsp3) is 0.278. The van der Waals surface area contributed by atoms with Crippen molar-refractivity contribution in [3.8, 4) is 0 Å². The van der Waals surface area contributed by atoms with Crippen molar-refractivity contribution in [1.29, 1.82) is 0 Å². The SMILES string of the molecule is CN=C(NCCS(=O)(=O)c1ccccc1F)N(C)Cc1ccccc1Cl.I. The molecular weight excluding hydrogens is 504 g/mol. The number of hydrogen-bond acceptors (Lipinski definition) is 3. The van der Waals surface area contributed by atoms with Crippen LogP contribution in [-0.4, -0.2) is 45.7 Å². The summed E-state index contributed by atoms with van der Waals surface area (Å²) in [5, 5.41) is 3.64. The van der Waals surface area contributed by atoms with Crippen LogP contribution in [0.25, 0.3) is 0 Å². The first-order chi connectivity index (χ1) is 12.3. The first kappa shape index (κ1) is 23.6. The van der Waals surface area contributed by atoms with Crippen LogP contribution in [0.2, 0.25) is 5.02 Å². The number of sulfone groups is 1. The summed E-state index contributed by atoms with van der Waals surface area (Å²) in [6, 6.07) is 12.8. The van der Waals surface area contributed by atoms with Gasteiger partial charge >= 0.3 is 0 Å². The third-order valence-electron chi connectivity index (χ3n) is 3.76. The predicted molar refractivity (Wildman–Crippen MR) is 118 cm³/mol. The second-order valence-electron chi connectivity index (χ2n) is 5.67. The molecule has 0 unspecified atom stereocenters. The molecule has 2 aromatic rings. The van der Waals surface area contributed by atoms with E-state index in [9.17, 15) is 12.8 Å². The van der Waals surface area contributed by atoms with Crippen LogP contribution < -0.4 is 5.32 Å². The van der Waals surface area contributed by atoms with E-state index >= 15 is 0 Å². The van der Waals surface area contributed by atoms with E-state index < -0.39 is 15.7 Å². The van der Waals surface area contributed by atoms with E-state index in [1.54, 1.807) is 7.05 Å².